The lowest BCUT2D eigenvalue weighted by Gasteiger charge is -2.07. The van der Waals surface area contributed by atoms with Crippen LogP contribution in [0.3, 0.4) is 0 Å². The average Bonchev–Trinajstić information content (AvgIpc) is 2.81. The van der Waals surface area contributed by atoms with Gasteiger partial charge in [-0.3, -0.25) is 4.79 Å². The summed E-state index contributed by atoms with van der Waals surface area (Å²) in [6.45, 7) is 2.76. The number of unbranched alkanes of at least 4 members (excludes halogenated alkanes) is 1. The van der Waals surface area contributed by atoms with Gasteiger partial charge in [0.15, 0.2) is 0 Å². The van der Waals surface area contributed by atoms with E-state index in [-0.39, 0.29) is 5.91 Å². The van der Waals surface area contributed by atoms with Crippen LogP contribution in [0.1, 0.15) is 46.0 Å². The SMILES string of the molecule is CCCCOc1ccc(C(=O)Oc2ccc(/C=N\NC(=O)c3ccccc3Br)cc2)cc1. The first-order valence-electron chi connectivity index (χ1n) is 10.2. The average molecular weight is 495 g/mol. The van der Waals surface area contributed by atoms with Crippen molar-refractivity contribution in [3.8, 4) is 11.5 Å². The Labute approximate surface area is 195 Å². The van der Waals surface area contributed by atoms with Gasteiger partial charge in [-0.1, -0.05) is 25.5 Å². The largest absolute Gasteiger partial charge is 0.494 e. The monoisotopic (exact) mass is 494 g/mol. The summed E-state index contributed by atoms with van der Waals surface area (Å²) in [6, 6.07) is 20.8. The number of halogens is 1. The summed E-state index contributed by atoms with van der Waals surface area (Å²) in [4.78, 5) is 24.5. The number of carbonyl (C=O) groups excluding carboxylic acids is 2. The van der Waals surface area contributed by atoms with E-state index >= 15 is 0 Å². The molecule has 0 fully saturated rings. The summed E-state index contributed by atoms with van der Waals surface area (Å²) < 4.78 is 11.7. The van der Waals surface area contributed by atoms with E-state index in [1.807, 2.05) is 6.07 Å². The molecule has 3 aromatic carbocycles. The van der Waals surface area contributed by atoms with Crippen molar-refractivity contribution in [2.75, 3.05) is 6.61 Å². The van der Waals surface area contributed by atoms with Gasteiger partial charge in [0.05, 0.1) is 23.9 Å². The van der Waals surface area contributed by atoms with Crippen LogP contribution >= 0.6 is 15.9 Å². The first-order valence-corrected chi connectivity index (χ1v) is 11.0. The first-order chi connectivity index (χ1) is 15.6. The molecule has 0 aliphatic heterocycles. The minimum Gasteiger partial charge on any atom is -0.494 e. The summed E-state index contributed by atoms with van der Waals surface area (Å²) in [7, 11) is 0. The number of carbonyl (C=O) groups is 2. The highest BCUT2D eigenvalue weighted by atomic mass is 79.9. The molecule has 0 aromatic heterocycles. The Morgan fingerprint density at radius 2 is 1.66 bits per heavy atom. The predicted molar refractivity (Wildman–Crippen MR) is 127 cm³/mol. The molecule has 0 saturated heterocycles. The van der Waals surface area contributed by atoms with Crippen LogP contribution in [0, 0.1) is 0 Å². The lowest BCUT2D eigenvalue weighted by molar-refractivity contribution is 0.0734. The standard InChI is InChI=1S/C25H23BrN2O4/c1-2-3-16-31-20-14-10-19(11-15-20)25(30)32-21-12-8-18(9-13-21)17-27-28-24(29)22-6-4-5-7-23(22)26/h4-15,17H,2-3,16H2,1H3,(H,28,29)/b27-17-. The van der Waals surface area contributed by atoms with Gasteiger partial charge in [0.25, 0.3) is 5.91 Å². The van der Waals surface area contributed by atoms with Crippen LogP contribution in [-0.4, -0.2) is 24.7 Å². The fraction of sp³-hybridized carbons (Fsp3) is 0.160. The summed E-state index contributed by atoms with van der Waals surface area (Å²) in [5, 5.41) is 3.97. The van der Waals surface area contributed by atoms with Gasteiger partial charge in [-0.25, -0.2) is 10.2 Å². The highest BCUT2D eigenvalue weighted by Crippen LogP contribution is 2.17. The Kier molecular flexibility index (Phi) is 8.57. The van der Waals surface area contributed by atoms with Crippen molar-refractivity contribution in [1.29, 1.82) is 0 Å². The molecular formula is C25H23BrN2O4. The number of benzene rings is 3. The first kappa shape index (κ1) is 23.2. The molecule has 3 rings (SSSR count). The van der Waals surface area contributed by atoms with Gasteiger partial charge in [-0.2, -0.15) is 5.10 Å². The number of hydrogen-bond acceptors (Lipinski definition) is 5. The summed E-state index contributed by atoms with van der Waals surface area (Å²) >= 11 is 3.33. The highest BCUT2D eigenvalue weighted by molar-refractivity contribution is 9.10. The molecule has 0 saturated carbocycles. The van der Waals surface area contributed by atoms with Gasteiger partial charge >= 0.3 is 5.97 Å². The third-order valence-corrected chi connectivity index (χ3v) is 5.14. The zero-order chi connectivity index (χ0) is 22.8. The van der Waals surface area contributed by atoms with Crippen molar-refractivity contribution in [2.45, 2.75) is 19.8 Å². The van der Waals surface area contributed by atoms with Crippen molar-refractivity contribution in [2.24, 2.45) is 5.10 Å². The van der Waals surface area contributed by atoms with E-state index < -0.39 is 5.97 Å². The fourth-order valence-corrected chi connectivity index (χ4v) is 3.15. The van der Waals surface area contributed by atoms with E-state index in [2.05, 4.69) is 33.4 Å². The van der Waals surface area contributed by atoms with Crippen molar-refractivity contribution in [1.82, 2.24) is 5.43 Å². The van der Waals surface area contributed by atoms with E-state index in [4.69, 9.17) is 9.47 Å². The number of nitrogens with one attached hydrogen (secondary N) is 1. The van der Waals surface area contributed by atoms with Crippen molar-refractivity contribution in [3.05, 3.63) is 94.0 Å². The minimum atomic E-state index is -0.452. The second kappa shape index (κ2) is 11.8. The number of esters is 1. The molecule has 6 nitrogen and oxygen atoms in total. The normalized spacial score (nSPS) is 10.7. The maximum atomic E-state index is 12.3. The summed E-state index contributed by atoms with van der Waals surface area (Å²) in [5.41, 5.74) is 4.15. The van der Waals surface area contributed by atoms with Gasteiger partial charge in [0.1, 0.15) is 11.5 Å². The summed E-state index contributed by atoms with van der Waals surface area (Å²) in [5.74, 6) is 0.367. The van der Waals surface area contributed by atoms with E-state index in [1.54, 1.807) is 66.7 Å². The van der Waals surface area contributed by atoms with Gasteiger partial charge in [0.2, 0.25) is 0 Å². The van der Waals surface area contributed by atoms with Gasteiger partial charge in [-0.05, 0) is 88.6 Å². The molecule has 0 aliphatic carbocycles. The second-order valence-electron chi connectivity index (χ2n) is 6.86. The smallest absolute Gasteiger partial charge is 0.343 e. The second-order valence-corrected chi connectivity index (χ2v) is 7.72. The van der Waals surface area contributed by atoms with Crippen LogP contribution < -0.4 is 14.9 Å². The van der Waals surface area contributed by atoms with Crippen LogP contribution in [0.2, 0.25) is 0 Å². The molecule has 1 N–H and O–H groups in total. The predicted octanol–water partition coefficient (Wildman–Crippen LogP) is 5.61. The number of ether oxygens (including phenoxy) is 2. The maximum absolute atomic E-state index is 12.3. The molecule has 0 bridgehead atoms. The molecule has 32 heavy (non-hydrogen) atoms. The number of hydrazone groups is 1. The molecule has 3 aromatic rings. The van der Waals surface area contributed by atoms with Gasteiger partial charge in [0, 0.05) is 4.47 Å². The zero-order valence-corrected chi connectivity index (χ0v) is 19.2. The third-order valence-electron chi connectivity index (χ3n) is 4.45. The Hall–Kier alpha value is -3.45. The number of hydrogen-bond donors (Lipinski definition) is 1. The lowest BCUT2D eigenvalue weighted by Crippen LogP contribution is -2.18. The Morgan fingerprint density at radius 3 is 2.34 bits per heavy atom. The molecule has 0 unspecified atom stereocenters. The van der Waals surface area contributed by atoms with Gasteiger partial charge < -0.3 is 9.47 Å². The lowest BCUT2D eigenvalue weighted by atomic mass is 10.2. The van der Waals surface area contributed by atoms with Gasteiger partial charge in [-0.15, -0.1) is 0 Å². The van der Waals surface area contributed by atoms with Crippen molar-refractivity contribution < 1.29 is 19.1 Å². The molecule has 0 radical (unpaired) electrons. The van der Waals surface area contributed by atoms with Crippen LogP contribution in [0.15, 0.2) is 82.4 Å². The van der Waals surface area contributed by atoms with E-state index in [0.29, 0.717) is 28.0 Å². The molecule has 0 atom stereocenters. The number of rotatable bonds is 9. The van der Waals surface area contributed by atoms with Crippen molar-refractivity contribution in [3.63, 3.8) is 0 Å². The van der Waals surface area contributed by atoms with Crippen molar-refractivity contribution >= 4 is 34.0 Å². The van der Waals surface area contributed by atoms with E-state index in [1.165, 1.54) is 6.21 Å². The van der Waals surface area contributed by atoms with Crippen LogP contribution in [0.5, 0.6) is 11.5 Å². The number of amides is 1. The van der Waals surface area contributed by atoms with Crippen LogP contribution in [0.4, 0.5) is 0 Å². The third kappa shape index (κ3) is 6.78. The quantitative estimate of drug-likeness (QED) is 0.138. The summed E-state index contributed by atoms with van der Waals surface area (Å²) in [6.07, 6.45) is 3.56. The highest BCUT2D eigenvalue weighted by Gasteiger charge is 2.09. The molecule has 0 aliphatic rings. The van der Waals surface area contributed by atoms with E-state index in [0.717, 1.165) is 24.2 Å². The topological polar surface area (TPSA) is 77.0 Å². The maximum Gasteiger partial charge on any atom is 0.343 e. The van der Waals surface area contributed by atoms with Crippen LogP contribution in [0.25, 0.3) is 0 Å². The molecular weight excluding hydrogens is 472 g/mol. The number of nitrogens with zero attached hydrogens (tertiary/aromatic N) is 1. The minimum absolute atomic E-state index is 0.318. The molecule has 7 heteroatoms. The molecule has 0 heterocycles. The molecule has 1 amide bonds. The zero-order valence-electron chi connectivity index (χ0n) is 17.6. The Morgan fingerprint density at radius 1 is 0.969 bits per heavy atom. The fourth-order valence-electron chi connectivity index (χ4n) is 2.68. The molecule has 0 spiro atoms. The Bertz CT molecular complexity index is 1080. The Balaban J connectivity index is 1.52. The van der Waals surface area contributed by atoms with Crippen LogP contribution in [-0.2, 0) is 0 Å². The molecule has 164 valence electrons. The van der Waals surface area contributed by atoms with E-state index in [9.17, 15) is 9.59 Å².